The summed E-state index contributed by atoms with van der Waals surface area (Å²) < 4.78 is 34.7. The van der Waals surface area contributed by atoms with Gasteiger partial charge in [0.25, 0.3) is 0 Å². The summed E-state index contributed by atoms with van der Waals surface area (Å²) in [6.45, 7) is 7.03. The highest BCUT2D eigenvalue weighted by Crippen LogP contribution is 2.27. The lowest BCUT2D eigenvalue weighted by atomic mass is 10.0. The van der Waals surface area contributed by atoms with Crippen LogP contribution in [-0.4, -0.2) is 47.2 Å². The Hall–Kier alpha value is -3.24. The predicted octanol–water partition coefficient (Wildman–Crippen LogP) is 3.51. The van der Waals surface area contributed by atoms with Gasteiger partial charge in [0, 0.05) is 38.2 Å². The molecule has 4 rings (SSSR count). The summed E-state index contributed by atoms with van der Waals surface area (Å²) >= 11 is 0. The molecule has 1 aromatic heterocycles. The Bertz CT molecular complexity index is 1380. The van der Waals surface area contributed by atoms with Crippen LogP contribution in [0.3, 0.4) is 0 Å². The molecular formula is C25H30N4O5S. The summed E-state index contributed by atoms with van der Waals surface area (Å²) in [6, 6.07) is 10.2. The van der Waals surface area contributed by atoms with Gasteiger partial charge in [-0.2, -0.15) is 4.31 Å². The third-order valence-corrected chi connectivity index (χ3v) is 8.26. The Morgan fingerprint density at radius 2 is 1.89 bits per heavy atom. The van der Waals surface area contributed by atoms with Gasteiger partial charge < -0.3 is 14.6 Å². The number of amides is 1. The summed E-state index contributed by atoms with van der Waals surface area (Å²) in [5.74, 6) is 0.744. The van der Waals surface area contributed by atoms with E-state index < -0.39 is 10.0 Å². The van der Waals surface area contributed by atoms with E-state index in [4.69, 9.17) is 4.74 Å². The SMILES string of the molecule is CCN(CC)S(=O)(=O)c1ccc2c(c1)nc(CCC(=O)Oc1ccc3c(c1)CCC(=O)N3)n2CC. The van der Waals surface area contributed by atoms with Crippen LogP contribution < -0.4 is 10.1 Å². The van der Waals surface area contributed by atoms with E-state index >= 15 is 0 Å². The number of esters is 1. The number of nitrogens with zero attached hydrogens (tertiary/aromatic N) is 3. The van der Waals surface area contributed by atoms with Crippen molar-refractivity contribution < 1.29 is 22.7 Å². The van der Waals surface area contributed by atoms with Crippen molar-refractivity contribution in [2.45, 2.75) is 57.9 Å². The van der Waals surface area contributed by atoms with Crippen LogP contribution in [0.4, 0.5) is 5.69 Å². The molecule has 0 saturated heterocycles. The number of ether oxygens (including phenoxy) is 1. The van der Waals surface area contributed by atoms with Crippen molar-refractivity contribution in [1.29, 1.82) is 0 Å². The van der Waals surface area contributed by atoms with E-state index in [9.17, 15) is 18.0 Å². The van der Waals surface area contributed by atoms with Gasteiger partial charge in [0.1, 0.15) is 11.6 Å². The summed E-state index contributed by atoms with van der Waals surface area (Å²) in [6.07, 6.45) is 1.51. The standard InChI is InChI=1S/C25H30N4O5S/c1-4-28(5-2)35(32,33)19-9-11-22-21(16-19)26-23(29(22)6-3)12-14-25(31)34-18-8-10-20-17(15-18)7-13-24(30)27-20/h8-11,15-16H,4-7,12-14H2,1-3H3,(H,27,30). The molecule has 0 radical (unpaired) electrons. The monoisotopic (exact) mass is 498 g/mol. The van der Waals surface area contributed by atoms with E-state index in [1.807, 2.05) is 25.3 Å². The van der Waals surface area contributed by atoms with Crippen molar-refractivity contribution in [3.05, 3.63) is 47.8 Å². The fourth-order valence-electron chi connectivity index (χ4n) is 4.40. The number of fused-ring (bicyclic) bond motifs is 2. The second kappa shape index (κ2) is 10.2. The van der Waals surface area contributed by atoms with Crippen LogP contribution in [0.2, 0.25) is 0 Å². The normalized spacial score (nSPS) is 13.7. The molecule has 0 spiro atoms. The van der Waals surface area contributed by atoms with E-state index in [0.29, 0.717) is 56.0 Å². The highest BCUT2D eigenvalue weighted by molar-refractivity contribution is 7.89. The first kappa shape index (κ1) is 24.9. The molecule has 1 aliphatic rings. The third kappa shape index (κ3) is 5.08. The largest absolute Gasteiger partial charge is 0.427 e. The zero-order chi connectivity index (χ0) is 25.2. The van der Waals surface area contributed by atoms with Gasteiger partial charge in [-0.25, -0.2) is 13.4 Å². The van der Waals surface area contributed by atoms with Crippen LogP contribution in [0, 0.1) is 0 Å². The van der Waals surface area contributed by atoms with Crippen LogP contribution in [0.5, 0.6) is 5.75 Å². The number of hydrogen-bond acceptors (Lipinski definition) is 6. The van der Waals surface area contributed by atoms with E-state index in [1.165, 1.54) is 4.31 Å². The van der Waals surface area contributed by atoms with Crippen molar-refractivity contribution in [2.24, 2.45) is 0 Å². The summed E-state index contributed by atoms with van der Waals surface area (Å²) in [5, 5.41) is 2.81. The van der Waals surface area contributed by atoms with Gasteiger partial charge in [-0.1, -0.05) is 13.8 Å². The number of aromatic nitrogens is 2. The molecule has 186 valence electrons. The summed E-state index contributed by atoms with van der Waals surface area (Å²) in [7, 11) is -3.59. The molecule has 0 unspecified atom stereocenters. The molecule has 0 aliphatic carbocycles. The minimum absolute atomic E-state index is 0.0150. The number of carbonyl (C=O) groups excluding carboxylic acids is 2. The molecule has 35 heavy (non-hydrogen) atoms. The molecule has 2 heterocycles. The first-order valence-corrected chi connectivity index (χ1v) is 13.3. The fourth-order valence-corrected chi connectivity index (χ4v) is 5.87. The van der Waals surface area contributed by atoms with Crippen LogP contribution in [0.1, 0.15) is 45.0 Å². The Kier molecular flexibility index (Phi) is 7.23. The van der Waals surface area contributed by atoms with Crippen molar-refractivity contribution in [3.8, 4) is 5.75 Å². The van der Waals surface area contributed by atoms with Crippen molar-refractivity contribution in [3.63, 3.8) is 0 Å². The van der Waals surface area contributed by atoms with Crippen LogP contribution in [0.15, 0.2) is 41.3 Å². The van der Waals surface area contributed by atoms with Gasteiger partial charge in [0.15, 0.2) is 0 Å². The highest BCUT2D eigenvalue weighted by Gasteiger charge is 2.23. The molecule has 0 saturated carbocycles. The molecule has 1 N–H and O–H groups in total. The number of sulfonamides is 1. The number of imidazole rings is 1. The van der Waals surface area contributed by atoms with Crippen LogP contribution in [0.25, 0.3) is 11.0 Å². The van der Waals surface area contributed by atoms with E-state index in [-0.39, 0.29) is 23.2 Å². The molecule has 0 fully saturated rings. The topological polar surface area (TPSA) is 111 Å². The van der Waals surface area contributed by atoms with E-state index in [0.717, 1.165) is 16.8 Å². The number of nitrogens with one attached hydrogen (secondary N) is 1. The van der Waals surface area contributed by atoms with Gasteiger partial charge in [-0.05, 0) is 55.3 Å². The highest BCUT2D eigenvalue weighted by atomic mass is 32.2. The van der Waals surface area contributed by atoms with Crippen LogP contribution in [-0.2, 0) is 39.0 Å². The van der Waals surface area contributed by atoms with E-state index in [1.54, 1.807) is 36.4 Å². The summed E-state index contributed by atoms with van der Waals surface area (Å²) in [4.78, 5) is 28.9. The second-order valence-corrected chi connectivity index (χ2v) is 10.3. The maximum Gasteiger partial charge on any atom is 0.311 e. The van der Waals surface area contributed by atoms with Gasteiger partial charge >= 0.3 is 5.97 Å². The molecule has 1 amide bonds. The molecule has 2 aromatic carbocycles. The smallest absolute Gasteiger partial charge is 0.311 e. The molecule has 9 nitrogen and oxygen atoms in total. The minimum Gasteiger partial charge on any atom is -0.427 e. The number of hydrogen-bond donors (Lipinski definition) is 1. The fraction of sp³-hybridized carbons (Fsp3) is 0.400. The van der Waals surface area contributed by atoms with Crippen LogP contribution >= 0.6 is 0 Å². The van der Waals surface area contributed by atoms with E-state index in [2.05, 4.69) is 10.3 Å². The summed E-state index contributed by atoms with van der Waals surface area (Å²) in [5.41, 5.74) is 3.10. The quantitative estimate of drug-likeness (QED) is 0.357. The van der Waals surface area contributed by atoms with Crippen molar-refractivity contribution in [1.82, 2.24) is 13.9 Å². The van der Waals surface area contributed by atoms with Gasteiger partial charge in [-0.3, -0.25) is 9.59 Å². The predicted molar refractivity (Wildman–Crippen MR) is 133 cm³/mol. The molecule has 10 heteroatoms. The lowest BCUT2D eigenvalue weighted by molar-refractivity contribution is -0.134. The third-order valence-electron chi connectivity index (χ3n) is 6.21. The van der Waals surface area contributed by atoms with Gasteiger partial charge in [-0.15, -0.1) is 0 Å². The molecule has 3 aromatic rings. The first-order chi connectivity index (χ1) is 16.8. The average Bonchev–Trinajstić information content (AvgIpc) is 3.20. The zero-order valence-corrected chi connectivity index (χ0v) is 21.0. The Labute approximate surface area is 205 Å². The lowest BCUT2D eigenvalue weighted by Crippen LogP contribution is -2.30. The molecule has 0 atom stereocenters. The number of carbonyl (C=O) groups is 2. The number of aryl methyl sites for hydroxylation is 3. The van der Waals surface area contributed by atoms with Gasteiger partial charge in [0.05, 0.1) is 22.3 Å². The van der Waals surface area contributed by atoms with Crippen molar-refractivity contribution in [2.75, 3.05) is 18.4 Å². The first-order valence-electron chi connectivity index (χ1n) is 11.9. The zero-order valence-electron chi connectivity index (χ0n) is 20.2. The molecule has 1 aliphatic heterocycles. The minimum atomic E-state index is -3.59. The Balaban J connectivity index is 1.49. The maximum atomic E-state index is 12.9. The number of benzene rings is 2. The Morgan fingerprint density at radius 3 is 2.60 bits per heavy atom. The number of rotatable bonds is 9. The maximum absolute atomic E-state index is 12.9. The lowest BCUT2D eigenvalue weighted by Gasteiger charge is -2.18. The molecule has 0 bridgehead atoms. The van der Waals surface area contributed by atoms with Gasteiger partial charge in [0.2, 0.25) is 15.9 Å². The number of anilines is 1. The second-order valence-electron chi connectivity index (χ2n) is 8.35. The molecular weight excluding hydrogens is 468 g/mol. The van der Waals surface area contributed by atoms with Crippen molar-refractivity contribution >= 4 is 38.6 Å². The average molecular weight is 499 g/mol. The Morgan fingerprint density at radius 1 is 1.11 bits per heavy atom.